The molecule has 2 amide bonds. The minimum absolute atomic E-state index is 0. The normalized spacial score (nSPS) is 25.3. The maximum Gasteiger partial charge on any atom is 0.228 e. The van der Waals surface area contributed by atoms with Gasteiger partial charge in [-0.05, 0) is 44.9 Å². The first-order valence-corrected chi connectivity index (χ1v) is 9.07. The van der Waals surface area contributed by atoms with Gasteiger partial charge < -0.3 is 20.3 Å². The summed E-state index contributed by atoms with van der Waals surface area (Å²) in [5, 5.41) is 0. The minimum Gasteiger partial charge on any atom is -0.492 e. The van der Waals surface area contributed by atoms with E-state index in [2.05, 4.69) is 6.92 Å². The van der Waals surface area contributed by atoms with Gasteiger partial charge in [-0.3, -0.25) is 9.59 Å². The molecule has 0 saturated carbocycles. The molecule has 1 aromatic carbocycles. The zero-order valence-corrected chi connectivity index (χ0v) is 16.2. The Bertz CT molecular complexity index is 655. The highest BCUT2D eigenvalue weighted by Gasteiger charge is 2.41. The molecule has 7 heteroatoms. The average molecular weight is 382 g/mol. The third kappa shape index (κ3) is 3.96. The van der Waals surface area contributed by atoms with Crippen LogP contribution >= 0.6 is 12.4 Å². The van der Waals surface area contributed by atoms with Gasteiger partial charge in [0.05, 0.1) is 18.2 Å². The highest BCUT2D eigenvalue weighted by atomic mass is 35.5. The molecule has 3 atom stereocenters. The Kier molecular flexibility index (Phi) is 6.89. The van der Waals surface area contributed by atoms with E-state index in [4.69, 9.17) is 10.5 Å². The number of carbonyl (C=O) groups excluding carboxylic acids is 2. The summed E-state index contributed by atoms with van der Waals surface area (Å²) in [4.78, 5) is 29.1. The van der Waals surface area contributed by atoms with Crippen LogP contribution in [0.1, 0.15) is 26.7 Å². The molecule has 2 saturated heterocycles. The van der Waals surface area contributed by atoms with Crippen LogP contribution in [0.25, 0.3) is 0 Å². The monoisotopic (exact) mass is 381 g/mol. The molecule has 2 aliphatic rings. The molecule has 3 rings (SSSR count). The molecule has 3 unspecified atom stereocenters. The average Bonchev–Trinajstić information content (AvgIpc) is 3.18. The van der Waals surface area contributed by atoms with Crippen molar-refractivity contribution in [2.24, 2.45) is 17.6 Å². The molecule has 0 aliphatic carbocycles. The lowest BCUT2D eigenvalue weighted by Crippen LogP contribution is -2.40. The van der Waals surface area contributed by atoms with E-state index >= 15 is 0 Å². The van der Waals surface area contributed by atoms with Gasteiger partial charge in [0.2, 0.25) is 11.8 Å². The summed E-state index contributed by atoms with van der Waals surface area (Å²) in [6.45, 7) is 6.23. The SMILES string of the molecule is CCOc1ccccc1N1CC(C(=O)N2CC(CN)CC2C)CC1=O.Cl. The van der Waals surface area contributed by atoms with Crippen LogP contribution in [0.4, 0.5) is 5.69 Å². The number of halogens is 1. The predicted octanol–water partition coefficient (Wildman–Crippen LogP) is 2.06. The zero-order chi connectivity index (χ0) is 18.0. The lowest BCUT2D eigenvalue weighted by Gasteiger charge is -2.25. The van der Waals surface area contributed by atoms with Gasteiger partial charge in [0.25, 0.3) is 0 Å². The molecule has 2 aliphatic heterocycles. The Morgan fingerprint density at radius 1 is 1.31 bits per heavy atom. The van der Waals surface area contributed by atoms with Crippen LogP contribution in [-0.2, 0) is 9.59 Å². The number of hydrogen-bond acceptors (Lipinski definition) is 4. The van der Waals surface area contributed by atoms with Crippen molar-refractivity contribution in [3.05, 3.63) is 24.3 Å². The molecule has 2 heterocycles. The van der Waals surface area contributed by atoms with E-state index in [0.717, 1.165) is 12.1 Å². The van der Waals surface area contributed by atoms with Crippen molar-refractivity contribution in [3.63, 3.8) is 0 Å². The van der Waals surface area contributed by atoms with Crippen molar-refractivity contribution in [1.29, 1.82) is 0 Å². The van der Waals surface area contributed by atoms with Gasteiger partial charge in [-0.25, -0.2) is 0 Å². The van der Waals surface area contributed by atoms with E-state index in [9.17, 15) is 9.59 Å². The van der Waals surface area contributed by atoms with E-state index in [0.29, 0.717) is 37.9 Å². The first kappa shape index (κ1) is 20.5. The quantitative estimate of drug-likeness (QED) is 0.847. The van der Waals surface area contributed by atoms with Crippen LogP contribution in [0.3, 0.4) is 0 Å². The maximum absolute atomic E-state index is 12.9. The number of benzene rings is 1. The minimum atomic E-state index is -0.291. The van der Waals surface area contributed by atoms with E-state index in [1.54, 1.807) is 4.90 Å². The molecule has 0 spiro atoms. The largest absolute Gasteiger partial charge is 0.492 e. The summed E-state index contributed by atoms with van der Waals surface area (Å²) >= 11 is 0. The van der Waals surface area contributed by atoms with Crippen LogP contribution in [-0.4, -0.2) is 49.0 Å². The Morgan fingerprint density at radius 3 is 2.69 bits per heavy atom. The topological polar surface area (TPSA) is 75.9 Å². The molecule has 1 aromatic rings. The molecular weight excluding hydrogens is 354 g/mol. The number of likely N-dealkylation sites (tertiary alicyclic amines) is 1. The lowest BCUT2D eigenvalue weighted by atomic mass is 10.1. The zero-order valence-electron chi connectivity index (χ0n) is 15.4. The fraction of sp³-hybridized carbons (Fsp3) is 0.579. The van der Waals surface area contributed by atoms with Crippen molar-refractivity contribution in [3.8, 4) is 5.75 Å². The smallest absolute Gasteiger partial charge is 0.228 e. The van der Waals surface area contributed by atoms with Gasteiger partial charge >= 0.3 is 0 Å². The van der Waals surface area contributed by atoms with Gasteiger partial charge in [-0.2, -0.15) is 0 Å². The second kappa shape index (κ2) is 8.73. The molecule has 26 heavy (non-hydrogen) atoms. The second-order valence-corrected chi connectivity index (χ2v) is 6.98. The Balaban J connectivity index is 0.00000243. The predicted molar refractivity (Wildman–Crippen MR) is 104 cm³/mol. The van der Waals surface area contributed by atoms with Crippen LogP contribution in [0.2, 0.25) is 0 Å². The molecule has 0 radical (unpaired) electrons. The first-order chi connectivity index (χ1) is 12.0. The molecule has 2 N–H and O–H groups in total. The Hall–Kier alpha value is -1.79. The van der Waals surface area contributed by atoms with E-state index in [-0.39, 0.29) is 42.6 Å². The summed E-state index contributed by atoms with van der Waals surface area (Å²) in [5.74, 6) is 0.817. The van der Waals surface area contributed by atoms with E-state index in [1.165, 1.54) is 0 Å². The summed E-state index contributed by atoms with van der Waals surface area (Å²) in [7, 11) is 0. The summed E-state index contributed by atoms with van der Waals surface area (Å²) < 4.78 is 5.64. The number of para-hydroxylation sites is 2. The van der Waals surface area contributed by atoms with Crippen molar-refractivity contribution >= 4 is 29.9 Å². The second-order valence-electron chi connectivity index (χ2n) is 6.98. The summed E-state index contributed by atoms with van der Waals surface area (Å²) in [6.07, 6.45) is 1.20. The van der Waals surface area contributed by atoms with Crippen LogP contribution in [0, 0.1) is 11.8 Å². The van der Waals surface area contributed by atoms with Gasteiger partial charge in [-0.1, -0.05) is 12.1 Å². The first-order valence-electron chi connectivity index (χ1n) is 9.07. The number of amides is 2. The number of rotatable bonds is 5. The van der Waals surface area contributed by atoms with Crippen LogP contribution in [0.5, 0.6) is 5.75 Å². The lowest BCUT2D eigenvalue weighted by molar-refractivity contribution is -0.136. The highest BCUT2D eigenvalue weighted by Crippen LogP contribution is 2.34. The summed E-state index contributed by atoms with van der Waals surface area (Å²) in [6, 6.07) is 7.69. The molecular formula is C19H28ClN3O3. The Morgan fingerprint density at radius 2 is 2.04 bits per heavy atom. The summed E-state index contributed by atoms with van der Waals surface area (Å²) in [5.41, 5.74) is 6.51. The Labute approximate surface area is 161 Å². The molecule has 2 fully saturated rings. The van der Waals surface area contributed by atoms with E-state index in [1.807, 2.05) is 36.1 Å². The molecule has 144 valence electrons. The number of carbonyl (C=O) groups is 2. The molecule has 6 nitrogen and oxygen atoms in total. The maximum atomic E-state index is 12.9. The fourth-order valence-electron chi connectivity index (χ4n) is 3.92. The number of ether oxygens (including phenoxy) is 1. The third-order valence-corrected chi connectivity index (χ3v) is 5.21. The van der Waals surface area contributed by atoms with Crippen molar-refractivity contribution < 1.29 is 14.3 Å². The number of anilines is 1. The van der Waals surface area contributed by atoms with Crippen molar-refractivity contribution in [1.82, 2.24) is 4.90 Å². The van der Waals surface area contributed by atoms with Crippen LogP contribution in [0.15, 0.2) is 24.3 Å². The van der Waals surface area contributed by atoms with Gasteiger partial charge in [-0.15, -0.1) is 12.4 Å². The molecule has 0 bridgehead atoms. The van der Waals surface area contributed by atoms with Crippen LogP contribution < -0.4 is 15.4 Å². The third-order valence-electron chi connectivity index (χ3n) is 5.21. The van der Waals surface area contributed by atoms with E-state index < -0.39 is 0 Å². The number of nitrogens with two attached hydrogens (primary N) is 1. The van der Waals surface area contributed by atoms with Crippen molar-refractivity contribution in [2.45, 2.75) is 32.7 Å². The molecule has 0 aromatic heterocycles. The van der Waals surface area contributed by atoms with Gasteiger partial charge in [0.1, 0.15) is 5.75 Å². The van der Waals surface area contributed by atoms with Crippen molar-refractivity contribution in [2.75, 3.05) is 31.1 Å². The fourth-order valence-corrected chi connectivity index (χ4v) is 3.92. The van der Waals surface area contributed by atoms with Gasteiger partial charge in [0, 0.05) is 25.6 Å². The number of nitrogens with zero attached hydrogens (tertiary/aromatic N) is 2. The van der Waals surface area contributed by atoms with Gasteiger partial charge in [0.15, 0.2) is 0 Å². The highest BCUT2D eigenvalue weighted by molar-refractivity contribution is 6.01. The standard InChI is InChI=1S/C19H27N3O3.ClH/c1-3-25-17-7-5-4-6-16(17)22-12-15(9-18(22)23)19(24)21-11-14(10-20)8-13(21)2;/h4-7,13-15H,3,8-12,20H2,1-2H3;1H. The number of hydrogen-bond donors (Lipinski definition) is 1.